The van der Waals surface area contributed by atoms with E-state index in [1.54, 1.807) is 12.4 Å². The lowest BCUT2D eigenvalue weighted by Gasteiger charge is -2.05. The second kappa shape index (κ2) is 3.23. The van der Waals surface area contributed by atoms with Crippen LogP contribution in [-0.2, 0) is 4.79 Å². The first-order chi connectivity index (χ1) is 6.36. The van der Waals surface area contributed by atoms with Gasteiger partial charge in [0.25, 0.3) is 5.91 Å². The molecule has 3 heteroatoms. The van der Waals surface area contributed by atoms with Gasteiger partial charge < -0.3 is 5.32 Å². The standard InChI is InChI=1S/C10H8N2O/c13-10-5-6-11-9-4-2-1-3-8(9)7-12-10/h1-7,11H/b6-5-,12-7-. The van der Waals surface area contributed by atoms with Crippen LogP contribution in [0.25, 0.3) is 0 Å². The van der Waals surface area contributed by atoms with E-state index < -0.39 is 0 Å². The number of fused-ring (bicyclic) bond motifs is 1. The second-order valence-electron chi connectivity index (χ2n) is 2.66. The molecule has 0 saturated heterocycles. The van der Waals surface area contributed by atoms with Crippen LogP contribution < -0.4 is 5.32 Å². The predicted molar refractivity (Wildman–Crippen MR) is 51.8 cm³/mol. The first-order valence-electron chi connectivity index (χ1n) is 3.96. The molecule has 0 radical (unpaired) electrons. The van der Waals surface area contributed by atoms with Crippen LogP contribution in [-0.4, -0.2) is 12.1 Å². The fourth-order valence-electron chi connectivity index (χ4n) is 1.12. The Morgan fingerprint density at radius 2 is 2.08 bits per heavy atom. The molecule has 13 heavy (non-hydrogen) atoms. The van der Waals surface area contributed by atoms with Gasteiger partial charge in [-0.05, 0) is 6.07 Å². The summed E-state index contributed by atoms with van der Waals surface area (Å²) in [6.45, 7) is 0. The molecule has 0 unspecified atom stereocenters. The van der Waals surface area contributed by atoms with Crippen LogP contribution in [0.5, 0.6) is 0 Å². The molecule has 3 nitrogen and oxygen atoms in total. The first-order valence-corrected chi connectivity index (χ1v) is 3.96. The Kier molecular flexibility index (Phi) is 1.92. The van der Waals surface area contributed by atoms with Gasteiger partial charge in [-0.1, -0.05) is 18.2 Å². The molecule has 0 atom stereocenters. The maximum absolute atomic E-state index is 10.9. The van der Waals surface area contributed by atoms with Crippen molar-refractivity contribution in [3.63, 3.8) is 0 Å². The lowest BCUT2D eigenvalue weighted by molar-refractivity contribution is -0.113. The molecular weight excluding hydrogens is 164 g/mol. The van der Waals surface area contributed by atoms with E-state index in [0.29, 0.717) is 0 Å². The van der Waals surface area contributed by atoms with E-state index in [1.165, 1.54) is 6.08 Å². The largest absolute Gasteiger partial charge is 0.361 e. The molecule has 0 spiro atoms. The minimum Gasteiger partial charge on any atom is -0.361 e. The van der Waals surface area contributed by atoms with Gasteiger partial charge in [0, 0.05) is 29.7 Å². The summed E-state index contributed by atoms with van der Waals surface area (Å²) in [6.07, 6.45) is 4.55. The van der Waals surface area contributed by atoms with Crippen molar-refractivity contribution in [3.8, 4) is 0 Å². The number of benzene rings is 1. The summed E-state index contributed by atoms with van der Waals surface area (Å²) in [7, 11) is 0. The highest BCUT2D eigenvalue weighted by atomic mass is 16.1. The summed E-state index contributed by atoms with van der Waals surface area (Å²) in [5.74, 6) is -0.248. The molecule has 1 aromatic carbocycles. The van der Waals surface area contributed by atoms with Gasteiger partial charge >= 0.3 is 0 Å². The van der Waals surface area contributed by atoms with Crippen LogP contribution in [0.4, 0.5) is 5.69 Å². The molecule has 64 valence electrons. The van der Waals surface area contributed by atoms with Crippen molar-refractivity contribution >= 4 is 17.8 Å². The van der Waals surface area contributed by atoms with Crippen LogP contribution >= 0.6 is 0 Å². The van der Waals surface area contributed by atoms with E-state index in [9.17, 15) is 4.79 Å². The Hall–Kier alpha value is -1.90. The number of aliphatic imine (C=N–C) groups is 1. The van der Waals surface area contributed by atoms with Gasteiger partial charge in [0.15, 0.2) is 0 Å². The lowest BCUT2D eigenvalue weighted by atomic mass is 10.2. The molecule has 1 amide bonds. The average Bonchev–Trinajstić information content (AvgIpc) is 2.13. The summed E-state index contributed by atoms with van der Waals surface area (Å²) in [5, 5.41) is 3.00. The van der Waals surface area contributed by atoms with Gasteiger partial charge in [-0.3, -0.25) is 4.79 Å². The van der Waals surface area contributed by atoms with Crippen molar-refractivity contribution in [2.75, 3.05) is 5.32 Å². The highest BCUT2D eigenvalue weighted by Gasteiger charge is 2.00. The van der Waals surface area contributed by atoms with E-state index in [4.69, 9.17) is 0 Å². The molecule has 0 saturated carbocycles. The third-order valence-corrected chi connectivity index (χ3v) is 1.76. The number of amides is 1. The molecule has 2 rings (SSSR count). The smallest absolute Gasteiger partial charge is 0.271 e. The molecule has 0 bridgehead atoms. The number of rotatable bonds is 0. The zero-order valence-electron chi connectivity index (χ0n) is 6.90. The Balaban J connectivity index is 2.47. The number of carbonyl (C=O) groups is 1. The SMILES string of the molecule is O=C1/C=C\Nc2ccccc2/C=N\1. The number of para-hydroxylation sites is 1. The van der Waals surface area contributed by atoms with Crippen LogP contribution in [0.2, 0.25) is 0 Å². The van der Waals surface area contributed by atoms with Crippen LogP contribution in [0.3, 0.4) is 0 Å². The van der Waals surface area contributed by atoms with Crippen molar-refractivity contribution in [2.45, 2.75) is 0 Å². The summed E-state index contributed by atoms with van der Waals surface area (Å²) in [4.78, 5) is 14.7. The molecule has 0 aliphatic carbocycles. The Bertz CT molecular complexity index is 394. The van der Waals surface area contributed by atoms with Crippen molar-refractivity contribution < 1.29 is 4.79 Å². The average molecular weight is 172 g/mol. The van der Waals surface area contributed by atoms with Crippen molar-refractivity contribution in [2.24, 2.45) is 4.99 Å². The highest BCUT2D eigenvalue weighted by Crippen LogP contribution is 2.13. The molecule has 1 aliphatic heterocycles. The van der Waals surface area contributed by atoms with E-state index in [2.05, 4.69) is 10.3 Å². The molecule has 1 N–H and O–H groups in total. The zero-order valence-corrected chi connectivity index (χ0v) is 6.90. The minimum atomic E-state index is -0.248. The van der Waals surface area contributed by atoms with Crippen molar-refractivity contribution in [1.82, 2.24) is 0 Å². The lowest BCUT2D eigenvalue weighted by Crippen LogP contribution is -1.99. The summed E-state index contributed by atoms with van der Waals surface area (Å²) in [5.41, 5.74) is 1.87. The Morgan fingerprint density at radius 1 is 1.23 bits per heavy atom. The van der Waals surface area contributed by atoms with Gasteiger partial charge in [-0.2, -0.15) is 0 Å². The fraction of sp³-hybridized carbons (Fsp3) is 0. The molecule has 0 aromatic heterocycles. The summed E-state index contributed by atoms with van der Waals surface area (Å²) >= 11 is 0. The minimum absolute atomic E-state index is 0.248. The monoisotopic (exact) mass is 172 g/mol. The molecule has 0 fully saturated rings. The van der Waals surface area contributed by atoms with Gasteiger partial charge in [-0.25, -0.2) is 4.99 Å². The maximum atomic E-state index is 10.9. The number of carbonyl (C=O) groups excluding carboxylic acids is 1. The van der Waals surface area contributed by atoms with Crippen LogP contribution in [0, 0.1) is 0 Å². The topological polar surface area (TPSA) is 41.5 Å². The number of anilines is 1. The van der Waals surface area contributed by atoms with E-state index in [-0.39, 0.29) is 5.91 Å². The molecule has 1 heterocycles. The summed E-state index contributed by atoms with van der Waals surface area (Å²) in [6, 6.07) is 7.67. The second-order valence-corrected chi connectivity index (χ2v) is 2.66. The quantitative estimate of drug-likeness (QED) is 0.645. The predicted octanol–water partition coefficient (Wildman–Crippen LogP) is 1.57. The fourth-order valence-corrected chi connectivity index (χ4v) is 1.12. The summed E-state index contributed by atoms with van der Waals surface area (Å²) < 4.78 is 0. The highest BCUT2D eigenvalue weighted by molar-refractivity contribution is 6.01. The third kappa shape index (κ3) is 1.64. The van der Waals surface area contributed by atoms with Crippen LogP contribution in [0.1, 0.15) is 5.56 Å². The van der Waals surface area contributed by atoms with E-state index in [0.717, 1.165) is 11.3 Å². The van der Waals surface area contributed by atoms with Crippen molar-refractivity contribution in [3.05, 3.63) is 42.1 Å². The zero-order chi connectivity index (χ0) is 9.10. The van der Waals surface area contributed by atoms with Crippen molar-refractivity contribution in [1.29, 1.82) is 0 Å². The van der Waals surface area contributed by atoms with Gasteiger partial charge in [-0.15, -0.1) is 0 Å². The van der Waals surface area contributed by atoms with Gasteiger partial charge in [0.2, 0.25) is 0 Å². The molecule has 1 aromatic rings. The van der Waals surface area contributed by atoms with Gasteiger partial charge in [0.05, 0.1) is 0 Å². The number of nitrogens with one attached hydrogen (secondary N) is 1. The normalized spacial score (nSPS) is 19.2. The third-order valence-electron chi connectivity index (χ3n) is 1.76. The van der Waals surface area contributed by atoms with E-state index in [1.807, 2.05) is 24.3 Å². The first kappa shape index (κ1) is 7.73. The number of hydrogen-bond acceptors (Lipinski definition) is 2. The maximum Gasteiger partial charge on any atom is 0.271 e. The molecular formula is C10H8N2O. The number of hydrogen-bond donors (Lipinski definition) is 1. The van der Waals surface area contributed by atoms with E-state index >= 15 is 0 Å². The van der Waals surface area contributed by atoms with Gasteiger partial charge in [0.1, 0.15) is 0 Å². The Morgan fingerprint density at radius 3 is 3.00 bits per heavy atom. The molecule has 1 aliphatic rings. The van der Waals surface area contributed by atoms with Crippen LogP contribution in [0.15, 0.2) is 41.5 Å². The number of nitrogens with zero attached hydrogens (tertiary/aromatic N) is 1. The Labute approximate surface area is 75.8 Å².